The lowest BCUT2D eigenvalue weighted by Crippen LogP contribution is -2.40. The summed E-state index contributed by atoms with van der Waals surface area (Å²) in [5, 5.41) is 22.6. The molecule has 41 heavy (non-hydrogen) atoms. The molecule has 0 saturated carbocycles. The number of nitrogens with zero attached hydrogens (tertiary/aromatic N) is 2. The first-order chi connectivity index (χ1) is 20.1. The first kappa shape index (κ1) is 32.3. The number of carbonyl (C=O) groups excluding carboxylic acids is 1. The Balaban J connectivity index is 0.00000147. The second-order valence-corrected chi connectivity index (χ2v) is 10.6. The van der Waals surface area contributed by atoms with Crippen LogP contribution in [0.1, 0.15) is 61.2 Å². The van der Waals surface area contributed by atoms with Crippen molar-refractivity contribution in [3.63, 3.8) is 0 Å². The lowest BCUT2D eigenvalue weighted by molar-refractivity contribution is -0.122. The van der Waals surface area contributed by atoms with Crippen molar-refractivity contribution in [2.45, 2.75) is 45.3 Å². The highest BCUT2D eigenvalue weighted by molar-refractivity contribution is 7.08. The number of rotatable bonds is 14. The zero-order valence-electron chi connectivity index (χ0n) is 23.8. The molecule has 3 aromatic rings. The Morgan fingerprint density at radius 2 is 1.78 bits per heavy atom. The lowest BCUT2D eigenvalue weighted by atomic mass is 10.1. The molecular weight excluding hydrogens is 540 g/mol. The fourth-order valence-corrected chi connectivity index (χ4v) is 5.39. The molecule has 0 aliphatic carbocycles. The average Bonchev–Trinajstić information content (AvgIpc) is 3.55. The molecule has 1 aliphatic rings. The summed E-state index contributed by atoms with van der Waals surface area (Å²) in [5.74, 6) is 0.448. The number of amides is 1. The summed E-state index contributed by atoms with van der Waals surface area (Å²) in [6.45, 7) is 7.10. The number of carbonyl (C=O) groups is 2. The second kappa shape index (κ2) is 18.2. The molecule has 0 radical (unpaired) electrons. The third-order valence-corrected chi connectivity index (χ3v) is 7.66. The first-order valence-electron chi connectivity index (χ1n) is 14.3. The SMILES string of the molecule is CCCCCCOc1ccccc1C(O)N(CCCN1CCOCC1)C(=O)c1ccc(-c2ccsc2)cc1.O=CO. The lowest BCUT2D eigenvalue weighted by Gasteiger charge is -2.31. The number of unbranched alkanes of at least 4 members (excludes halogenated alkanes) is 3. The van der Waals surface area contributed by atoms with Gasteiger partial charge in [0.05, 0.1) is 19.8 Å². The van der Waals surface area contributed by atoms with Gasteiger partial charge in [-0.15, -0.1) is 0 Å². The van der Waals surface area contributed by atoms with Gasteiger partial charge in [-0.2, -0.15) is 11.3 Å². The summed E-state index contributed by atoms with van der Waals surface area (Å²) >= 11 is 1.65. The number of ether oxygens (including phenoxy) is 2. The van der Waals surface area contributed by atoms with Gasteiger partial charge in [-0.3, -0.25) is 14.5 Å². The largest absolute Gasteiger partial charge is 0.493 e. The molecule has 1 fully saturated rings. The average molecular weight is 583 g/mol. The predicted molar refractivity (Wildman–Crippen MR) is 162 cm³/mol. The Hall–Kier alpha value is -3.24. The van der Waals surface area contributed by atoms with Crippen molar-refractivity contribution >= 4 is 23.7 Å². The van der Waals surface area contributed by atoms with Crippen LogP contribution in [0.5, 0.6) is 5.75 Å². The van der Waals surface area contributed by atoms with E-state index in [4.69, 9.17) is 19.4 Å². The fraction of sp³-hybridized carbons (Fsp3) is 0.438. The molecule has 9 heteroatoms. The minimum absolute atomic E-state index is 0.186. The number of thiophene rings is 1. The van der Waals surface area contributed by atoms with Gasteiger partial charge in [-0.05, 0) is 59.0 Å². The quantitative estimate of drug-likeness (QED) is 0.138. The minimum Gasteiger partial charge on any atom is -0.493 e. The second-order valence-electron chi connectivity index (χ2n) is 9.82. The molecule has 222 valence electrons. The number of benzene rings is 2. The molecule has 1 amide bonds. The van der Waals surface area contributed by atoms with Crippen LogP contribution in [0.2, 0.25) is 0 Å². The Morgan fingerprint density at radius 3 is 2.46 bits per heavy atom. The Morgan fingerprint density at radius 1 is 1.05 bits per heavy atom. The summed E-state index contributed by atoms with van der Waals surface area (Å²) in [5.41, 5.74) is 3.40. The maximum absolute atomic E-state index is 13.8. The topological polar surface area (TPSA) is 99.5 Å². The van der Waals surface area contributed by atoms with Crippen molar-refractivity contribution in [2.24, 2.45) is 0 Å². The van der Waals surface area contributed by atoms with Crippen LogP contribution in [-0.4, -0.2) is 78.4 Å². The van der Waals surface area contributed by atoms with E-state index in [1.807, 2.05) is 53.9 Å². The van der Waals surface area contributed by atoms with Crippen LogP contribution in [-0.2, 0) is 9.53 Å². The van der Waals surface area contributed by atoms with Gasteiger partial charge in [0.2, 0.25) is 0 Å². The number of hydrogen-bond donors (Lipinski definition) is 2. The maximum atomic E-state index is 13.8. The number of para-hydroxylation sites is 1. The zero-order valence-corrected chi connectivity index (χ0v) is 24.6. The Labute approximate surface area is 247 Å². The fourth-order valence-electron chi connectivity index (χ4n) is 4.73. The summed E-state index contributed by atoms with van der Waals surface area (Å²) in [6.07, 6.45) is 4.10. The molecule has 2 heterocycles. The highest BCUT2D eigenvalue weighted by Gasteiger charge is 2.27. The van der Waals surface area contributed by atoms with Crippen molar-refractivity contribution in [1.82, 2.24) is 9.80 Å². The number of hydrogen-bond acceptors (Lipinski definition) is 7. The molecule has 1 saturated heterocycles. The minimum atomic E-state index is -1.10. The van der Waals surface area contributed by atoms with E-state index in [-0.39, 0.29) is 12.4 Å². The molecule has 2 N–H and O–H groups in total. The third-order valence-electron chi connectivity index (χ3n) is 6.97. The number of aliphatic hydroxyl groups excluding tert-OH is 1. The van der Waals surface area contributed by atoms with E-state index < -0.39 is 6.23 Å². The molecule has 1 atom stereocenters. The van der Waals surface area contributed by atoms with E-state index in [9.17, 15) is 9.90 Å². The van der Waals surface area contributed by atoms with Crippen LogP contribution < -0.4 is 4.74 Å². The Kier molecular flexibility index (Phi) is 14.4. The molecule has 1 unspecified atom stereocenters. The molecular formula is C32H42N2O6S. The van der Waals surface area contributed by atoms with Crippen LogP contribution >= 0.6 is 11.3 Å². The van der Waals surface area contributed by atoms with Crippen molar-refractivity contribution < 1.29 is 29.3 Å². The van der Waals surface area contributed by atoms with Gasteiger partial charge in [-0.1, -0.05) is 56.5 Å². The van der Waals surface area contributed by atoms with E-state index in [1.54, 1.807) is 16.2 Å². The van der Waals surface area contributed by atoms with Crippen molar-refractivity contribution in [3.8, 4) is 16.9 Å². The van der Waals surface area contributed by atoms with Gasteiger partial charge in [0.1, 0.15) is 5.75 Å². The molecule has 4 rings (SSSR count). The van der Waals surface area contributed by atoms with Crippen molar-refractivity contribution in [3.05, 3.63) is 76.5 Å². The van der Waals surface area contributed by atoms with Gasteiger partial charge in [0.25, 0.3) is 12.4 Å². The number of morpholine rings is 1. The van der Waals surface area contributed by atoms with E-state index >= 15 is 0 Å². The summed E-state index contributed by atoms with van der Waals surface area (Å²) in [4.78, 5) is 26.1. The molecule has 0 bridgehead atoms. The highest BCUT2D eigenvalue weighted by Crippen LogP contribution is 2.30. The van der Waals surface area contributed by atoms with Crippen LogP contribution in [0.25, 0.3) is 11.1 Å². The summed E-state index contributed by atoms with van der Waals surface area (Å²) in [6, 6.07) is 17.3. The van der Waals surface area contributed by atoms with Gasteiger partial charge < -0.3 is 24.6 Å². The number of aliphatic hydroxyl groups is 1. The van der Waals surface area contributed by atoms with Gasteiger partial charge >= 0.3 is 0 Å². The standard InChI is InChI=1S/C31H40N2O4S.CH2O2/c1-2-3-4-7-20-37-29-10-6-5-9-28(29)31(35)33(17-8-16-32-18-21-36-22-19-32)30(34)26-13-11-25(12-14-26)27-15-23-38-24-27;2-1-3/h5-6,9-15,23-24,31,35H,2-4,7-8,16-22H2,1H3;1H,(H,2,3). The monoisotopic (exact) mass is 582 g/mol. The van der Waals surface area contributed by atoms with Gasteiger partial charge in [-0.25, -0.2) is 0 Å². The third kappa shape index (κ3) is 10.3. The van der Waals surface area contributed by atoms with Crippen molar-refractivity contribution in [2.75, 3.05) is 46.0 Å². The van der Waals surface area contributed by atoms with Crippen LogP contribution in [0.4, 0.5) is 0 Å². The van der Waals surface area contributed by atoms with Crippen molar-refractivity contribution in [1.29, 1.82) is 0 Å². The van der Waals surface area contributed by atoms with E-state index in [2.05, 4.69) is 23.3 Å². The van der Waals surface area contributed by atoms with Crippen LogP contribution in [0.3, 0.4) is 0 Å². The highest BCUT2D eigenvalue weighted by atomic mass is 32.1. The number of carboxylic acid groups (broad SMARTS) is 1. The molecule has 1 aromatic heterocycles. The van der Waals surface area contributed by atoms with E-state index in [0.29, 0.717) is 30.0 Å². The Bertz CT molecular complexity index is 1150. The summed E-state index contributed by atoms with van der Waals surface area (Å²) < 4.78 is 11.5. The van der Waals surface area contributed by atoms with E-state index in [1.165, 1.54) is 12.8 Å². The maximum Gasteiger partial charge on any atom is 0.290 e. The first-order valence-corrected chi connectivity index (χ1v) is 15.2. The predicted octanol–water partition coefficient (Wildman–Crippen LogP) is 5.93. The molecule has 2 aromatic carbocycles. The summed E-state index contributed by atoms with van der Waals surface area (Å²) in [7, 11) is 0. The van der Waals surface area contributed by atoms with Crippen LogP contribution in [0, 0.1) is 0 Å². The van der Waals surface area contributed by atoms with Gasteiger partial charge in [0, 0.05) is 37.3 Å². The van der Waals surface area contributed by atoms with Gasteiger partial charge in [0.15, 0.2) is 6.23 Å². The molecule has 0 spiro atoms. The van der Waals surface area contributed by atoms with E-state index in [0.717, 1.165) is 63.2 Å². The zero-order chi connectivity index (χ0) is 29.3. The smallest absolute Gasteiger partial charge is 0.290 e. The van der Waals surface area contributed by atoms with Crippen LogP contribution in [0.15, 0.2) is 65.4 Å². The normalized spacial score (nSPS) is 14.0. The molecule has 1 aliphatic heterocycles. The molecule has 8 nitrogen and oxygen atoms in total.